The van der Waals surface area contributed by atoms with Gasteiger partial charge in [-0.1, -0.05) is 101 Å². The average molecular weight is 474 g/mol. The van der Waals surface area contributed by atoms with E-state index >= 15 is 0 Å². The standard InChI is InChI=1S/C30H20BrN/c31-28-15-6-4-13-25(28)23-10-8-9-21(19-23)22-17-18-27-26-14-5-7-16-29(26)32(30(27)20-22)24-11-2-1-3-12-24/h1-20H. The molecule has 6 rings (SSSR count). The number of nitrogens with zero attached hydrogens (tertiary/aromatic N) is 1. The Kier molecular flexibility index (Phi) is 4.66. The zero-order valence-corrected chi connectivity index (χ0v) is 19.0. The first-order chi connectivity index (χ1) is 15.8. The van der Waals surface area contributed by atoms with Crippen molar-refractivity contribution in [2.45, 2.75) is 0 Å². The second-order valence-corrected chi connectivity index (χ2v) is 8.84. The molecule has 0 aliphatic rings. The first kappa shape index (κ1) is 19.1. The van der Waals surface area contributed by atoms with Crippen molar-refractivity contribution in [1.82, 2.24) is 4.57 Å². The molecule has 0 fully saturated rings. The molecular weight excluding hydrogens is 454 g/mol. The largest absolute Gasteiger partial charge is 0.309 e. The molecule has 0 atom stereocenters. The van der Waals surface area contributed by atoms with Crippen molar-refractivity contribution in [3.63, 3.8) is 0 Å². The molecule has 0 N–H and O–H groups in total. The van der Waals surface area contributed by atoms with Gasteiger partial charge in [-0.05, 0) is 58.7 Å². The van der Waals surface area contributed by atoms with Gasteiger partial charge in [0, 0.05) is 20.9 Å². The van der Waals surface area contributed by atoms with Crippen LogP contribution in [0.2, 0.25) is 0 Å². The molecule has 0 saturated heterocycles. The van der Waals surface area contributed by atoms with Gasteiger partial charge in [0.25, 0.3) is 0 Å². The van der Waals surface area contributed by atoms with Crippen molar-refractivity contribution < 1.29 is 0 Å². The number of fused-ring (bicyclic) bond motifs is 3. The van der Waals surface area contributed by atoms with E-state index in [1.54, 1.807) is 0 Å². The van der Waals surface area contributed by atoms with E-state index in [0.29, 0.717) is 0 Å². The third-order valence-electron chi connectivity index (χ3n) is 6.07. The lowest BCUT2D eigenvalue weighted by Gasteiger charge is -2.10. The average Bonchev–Trinajstić information content (AvgIpc) is 3.19. The maximum atomic E-state index is 3.70. The molecule has 0 saturated carbocycles. The van der Waals surface area contributed by atoms with Gasteiger partial charge in [-0.25, -0.2) is 0 Å². The summed E-state index contributed by atoms with van der Waals surface area (Å²) in [7, 11) is 0. The maximum absolute atomic E-state index is 3.70. The molecule has 0 amide bonds. The summed E-state index contributed by atoms with van der Waals surface area (Å²) in [6.45, 7) is 0. The van der Waals surface area contributed by atoms with Crippen LogP contribution in [0.4, 0.5) is 0 Å². The molecule has 6 aromatic rings. The molecule has 0 unspecified atom stereocenters. The summed E-state index contributed by atoms with van der Waals surface area (Å²) in [4.78, 5) is 0. The predicted molar refractivity (Wildman–Crippen MR) is 139 cm³/mol. The molecule has 1 nitrogen and oxygen atoms in total. The van der Waals surface area contributed by atoms with E-state index in [1.807, 2.05) is 6.07 Å². The fourth-order valence-electron chi connectivity index (χ4n) is 4.57. The van der Waals surface area contributed by atoms with Crippen LogP contribution in [-0.4, -0.2) is 4.57 Å². The molecule has 0 aliphatic heterocycles. The van der Waals surface area contributed by atoms with E-state index in [2.05, 4.69) is 136 Å². The van der Waals surface area contributed by atoms with Crippen molar-refractivity contribution >= 4 is 37.7 Å². The summed E-state index contributed by atoms with van der Waals surface area (Å²) < 4.78 is 3.48. The van der Waals surface area contributed by atoms with Crippen molar-refractivity contribution in [3.8, 4) is 27.9 Å². The Morgan fingerprint density at radius 1 is 0.469 bits per heavy atom. The van der Waals surface area contributed by atoms with Crippen LogP contribution in [0.3, 0.4) is 0 Å². The van der Waals surface area contributed by atoms with E-state index in [-0.39, 0.29) is 0 Å². The smallest absolute Gasteiger partial charge is 0.0547 e. The van der Waals surface area contributed by atoms with Crippen LogP contribution in [0.15, 0.2) is 126 Å². The number of hydrogen-bond acceptors (Lipinski definition) is 0. The molecule has 0 bridgehead atoms. The lowest BCUT2D eigenvalue weighted by Crippen LogP contribution is -1.93. The highest BCUT2D eigenvalue weighted by atomic mass is 79.9. The van der Waals surface area contributed by atoms with E-state index < -0.39 is 0 Å². The second-order valence-electron chi connectivity index (χ2n) is 7.98. The van der Waals surface area contributed by atoms with Crippen LogP contribution in [0.25, 0.3) is 49.7 Å². The molecule has 2 heteroatoms. The fourth-order valence-corrected chi connectivity index (χ4v) is 5.08. The minimum absolute atomic E-state index is 1.11. The van der Waals surface area contributed by atoms with Crippen molar-refractivity contribution in [3.05, 3.63) is 126 Å². The van der Waals surface area contributed by atoms with Crippen molar-refractivity contribution in [2.24, 2.45) is 0 Å². The van der Waals surface area contributed by atoms with E-state index in [4.69, 9.17) is 0 Å². The summed E-state index contributed by atoms with van der Waals surface area (Å²) in [5.74, 6) is 0. The van der Waals surface area contributed by atoms with Gasteiger partial charge in [0.2, 0.25) is 0 Å². The van der Waals surface area contributed by atoms with Crippen LogP contribution < -0.4 is 0 Å². The fraction of sp³-hybridized carbons (Fsp3) is 0. The van der Waals surface area contributed by atoms with E-state index in [1.165, 1.54) is 49.7 Å². The zero-order valence-electron chi connectivity index (χ0n) is 17.4. The zero-order chi connectivity index (χ0) is 21.5. The Morgan fingerprint density at radius 2 is 1.16 bits per heavy atom. The third kappa shape index (κ3) is 3.16. The van der Waals surface area contributed by atoms with Gasteiger partial charge in [0.05, 0.1) is 11.0 Å². The predicted octanol–water partition coefficient (Wildman–Crippen LogP) is 8.88. The number of benzene rings is 5. The normalized spacial score (nSPS) is 11.3. The molecule has 0 spiro atoms. The van der Waals surface area contributed by atoms with Gasteiger partial charge < -0.3 is 4.57 Å². The van der Waals surface area contributed by atoms with Gasteiger partial charge in [-0.3, -0.25) is 0 Å². The van der Waals surface area contributed by atoms with Gasteiger partial charge >= 0.3 is 0 Å². The third-order valence-corrected chi connectivity index (χ3v) is 6.76. The molecule has 1 aromatic heterocycles. The minimum Gasteiger partial charge on any atom is -0.309 e. The van der Waals surface area contributed by atoms with E-state index in [0.717, 1.165) is 4.47 Å². The number of para-hydroxylation sites is 2. The van der Waals surface area contributed by atoms with E-state index in [9.17, 15) is 0 Å². The summed E-state index contributed by atoms with van der Waals surface area (Å²) in [6.07, 6.45) is 0. The highest BCUT2D eigenvalue weighted by Crippen LogP contribution is 2.36. The molecule has 152 valence electrons. The monoisotopic (exact) mass is 473 g/mol. The second kappa shape index (κ2) is 7.81. The number of hydrogen-bond donors (Lipinski definition) is 0. The molecule has 32 heavy (non-hydrogen) atoms. The van der Waals surface area contributed by atoms with Gasteiger partial charge in [0.1, 0.15) is 0 Å². The topological polar surface area (TPSA) is 4.93 Å². The Bertz CT molecular complexity index is 1580. The van der Waals surface area contributed by atoms with Crippen molar-refractivity contribution in [2.75, 3.05) is 0 Å². The molecule has 0 aliphatic carbocycles. The summed E-state index contributed by atoms with van der Waals surface area (Å²) in [5.41, 5.74) is 8.47. The van der Waals surface area contributed by atoms with Crippen LogP contribution in [0, 0.1) is 0 Å². The summed E-state index contributed by atoms with van der Waals surface area (Å²) >= 11 is 3.70. The molecular formula is C30H20BrN. The van der Waals surface area contributed by atoms with Gasteiger partial charge in [0.15, 0.2) is 0 Å². The Labute approximate surface area is 195 Å². The Hall–Kier alpha value is -3.62. The van der Waals surface area contributed by atoms with Crippen LogP contribution in [-0.2, 0) is 0 Å². The van der Waals surface area contributed by atoms with Crippen LogP contribution in [0.5, 0.6) is 0 Å². The number of aromatic nitrogens is 1. The summed E-state index contributed by atoms with van der Waals surface area (Å²) in [6, 6.07) is 43.2. The van der Waals surface area contributed by atoms with Crippen molar-refractivity contribution in [1.29, 1.82) is 0 Å². The summed E-state index contributed by atoms with van der Waals surface area (Å²) in [5, 5.41) is 2.55. The van der Waals surface area contributed by atoms with Gasteiger partial charge in [-0.15, -0.1) is 0 Å². The Morgan fingerprint density at radius 3 is 2.03 bits per heavy atom. The lowest BCUT2D eigenvalue weighted by molar-refractivity contribution is 1.18. The van der Waals surface area contributed by atoms with Crippen LogP contribution >= 0.6 is 15.9 Å². The maximum Gasteiger partial charge on any atom is 0.0547 e. The number of halogens is 1. The lowest BCUT2D eigenvalue weighted by atomic mass is 9.98. The minimum atomic E-state index is 1.11. The quantitative estimate of drug-likeness (QED) is 0.241. The first-order valence-corrected chi connectivity index (χ1v) is 11.5. The van der Waals surface area contributed by atoms with Gasteiger partial charge in [-0.2, -0.15) is 0 Å². The number of rotatable bonds is 3. The SMILES string of the molecule is Brc1ccccc1-c1cccc(-c2ccc3c4ccccc4n(-c4ccccc4)c3c2)c1. The first-order valence-electron chi connectivity index (χ1n) is 10.7. The van der Waals surface area contributed by atoms with Crippen LogP contribution in [0.1, 0.15) is 0 Å². The Balaban J connectivity index is 1.58. The molecule has 0 radical (unpaired) electrons. The highest BCUT2D eigenvalue weighted by molar-refractivity contribution is 9.10. The highest BCUT2D eigenvalue weighted by Gasteiger charge is 2.13. The molecule has 1 heterocycles. The molecule has 5 aromatic carbocycles.